The highest BCUT2D eigenvalue weighted by atomic mass is 32.2. The Morgan fingerprint density at radius 2 is 1.33 bits per heavy atom. The second-order valence-electron chi connectivity index (χ2n) is 7.48. The lowest BCUT2D eigenvalue weighted by atomic mass is 10.0. The lowest BCUT2D eigenvalue weighted by Gasteiger charge is -2.10. The molecule has 0 radical (unpaired) electrons. The fraction of sp³-hybridized carbons (Fsp3) is 0.0909. The van der Waals surface area contributed by atoms with Crippen molar-refractivity contribution < 1.29 is 13.0 Å². The summed E-state index contributed by atoms with van der Waals surface area (Å²) >= 11 is 0. The summed E-state index contributed by atoms with van der Waals surface area (Å²) in [7, 11) is -4.44. The number of aryl methyl sites for hydroxylation is 2. The van der Waals surface area contributed by atoms with E-state index in [-0.39, 0.29) is 15.7 Å². The number of fused-ring (bicyclic) bond motifs is 4. The largest absolute Gasteiger partial charge is 0.354 e. The van der Waals surface area contributed by atoms with Crippen molar-refractivity contribution in [3.8, 4) is 0 Å². The molecule has 0 atom stereocenters. The first-order valence-electron chi connectivity index (χ1n) is 9.18. The van der Waals surface area contributed by atoms with Gasteiger partial charge >= 0.3 is 0 Å². The van der Waals surface area contributed by atoms with Gasteiger partial charge in [-0.1, -0.05) is 12.1 Å². The average molecular weight is 420 g/mol. The van der Waals surface area contributed by atoms with Gasteiger partial charge in [0, 0.05) is 27.1 Å². The fourth-order valence-electron chi connectivity index (χ4n) is 3.99. The van der Waals surface area contributed by atoms with Crippen LogP contribution in [0.25, 0.3) is 43.6 Å². The van der Waals surface area contributed by atoms with Gasteiger partial charge < -0.3 is 9.97 Å². The van der Waals surface area contributed by atoms with Gasteiger partial charge in [0.1, 0.15) is 0 Å². The predicted molar refractivity (Wildman–Crippen MR) is 117 cm³/mol. The van der Waals surface area contributed by atoms with Crippen molar-refractivity contribution >= 4 is 53.7 Å². The number of pyridine rings is 2. The van der Waals surface area contributed by atoms with Crippen molar-refractivity contribution in [1.29, 1.82) is 0 Å². The Labute approximate surface area is 169 Å². The molecule has 0 saturated heterocycles. The summed E-state index contributed by atoms with van der Waals surface area (Å²) in [5.74, 6) is 0. The summed E-state index contributed by atoms with van der Waals surface area (Å²) in [4.78, 5) is 32.3. The van der Waals surface area contributed by atoms with E-state index in [1.807, 2.05) is 26.0 Å². The quantitative estimate of drug-likeness (QED) is 0.283. The maximum absolute atomic E-state index is 13.2. The number of H-pyrrole nitrogens is 2. The van der Waals surface area contributed by atoms with Crippen molar-refractivity contribution in [2.24, 2.45) is 0 Å². The van der Waals surface area contributed by atoms with Crippen LogP contribution in [0.15, 0.2) is 56.9 Å². The molecule has 0 spiro atoms. The predicted octanol–water partition coefficient (Wildman–Crippen LogP) is 3.54. The standard InChI is InChI=1S/C22H16N2O5S/c1-10-3-4-11(2)20-19(10)22(26)15-9-17-14(8-18(15)24-20)21(25)13-7-12(30(27,28)29)5-6-16(13)23-17/h3-9H,1-2H3,(H,23,25)(H,24,26)(H,27,28,29). The summed E-state index contributed by atoms with van der Waals surface area (Å²) in [5.41, 5.74) is 3.38. The molecule has 7 nitrogen and oxygen atoms in total. The average Bonchev–Trinajstić information content (AvgIpc) is 2.69. The Bertz CT molecular complexity index is 1780. The van der Waals surface area contributed by atoms with Gasteiger partial charge in [0.25, 0.3) is 10.1 Å². The van der Waals surface area contributed by atoms with Crippen LogP contribution in [0.1, 0.15) is 11.1 Å². The summed E-state index contributed by atoms with van der Waals surface area (Å²) in [6, 6.07) is 10.9. The van der Waals surface area contributed by atoms with Crippen LogP contribution in [0, 0.1) is 13.8 Å². The number of rotatable bonds is 1. The third-order valence-corrected chi connectivity index (χ3v) is 6.41. The summed E-state index contributed by atoms with van der Waals surface area (Å²) < 4.78 is 32.2. The van der Waals surface area contributed by atoms with Crippen LogP contribution in [0.2, 0.25) is 0 Å². The molecule has 0 amide bonds. The molecule has 0 saturated carbocycles. The van der Waals surface area contributed by atoms with Crippen LogP contribution in [0.3, 0.4) is 0 Å². The highest BCUT2D eigenvalue weighted by molar-refractivity contribution is 7.85. The molecule has 5 rings (SSSR count). The smallest absolute Gasteiger partial charge is 0.294 e. The van der Waals surface area contributed by atoms with Crippen LogP contribution < -0.4 is 10.9 Å². The summed E-state index contributed by atoms with van der Waals surface area (Å²) in [5, 5.41) is 1.51. The molecule has 5 aromatic rings. The molecule has 2 heterocycles. The Morgan fingerprint density at radius 1 is 0.733 bits per heavy atom. The lowest BCUT2D eigenvalue weighted by Crippen LogP contribution is -2.10. The number of benzene rings is 3. The zero-order chi connectivity index (χ0) is 21.4. The summed E-state index contributed by atoms with van der Waals surface area (Å²) in [6.45, 7) is 3.79. The topological polar surface area (TPSA) is 120 Å². The van der Waals surface area contributed by atoms with Gasteiger partial charge in [0.2, 0.25) is 0 Å². The lowest BCUT2D eigenvalue weighted by molar-refractivity contribution is 0.483. The first kappa shape index (κ1) is 18.5. The maximum atomic E-state index is 13.2. The van der Waals surface area contributed by atoms with Gasteiger partial charge in [-0.25, -0.2) is 0 Å². The second kappa shape index (κ2) is 6.01. The zero-order valence-electron chi connectivity index (χ0n) is 16.0. The van der Waals surface area contributed by atoms with Crippen molar-refractivity contribution in [3.05, 3.63) is 74.0 Å². The van der Waals surface area contributed by atoms with Gasteiger partial charge in [-0.05, 0) is 55.3 Å². The SMILES string of the molecule is Cc1ccc(C)c2c(=O)c3cc4[nH]c5ccc(S(=O)(=O)O)cc5c(=O)c4cc3[nH]c12. The van der Waals surface area contributed by atoms with E-state index in [0.29, 0.717) is 32.7 Å². The third kappa shape index (κ3) is 2.58. The minimum Gasteiger partial charge on any atom is -0.354 e. The number of hydrogen-bond acceptors (Lipinski definition) is 4. The number of nitrogens with one attached hydrogen (secondary N) is 2. The van der Waals surface area contributed by atoms with Gasteiger partial charge in [-0.2, -0.15) is 8.42 Å². The molecule has 150 valence electrons. The molecular weight excluding hydrogens is 404 g/mol. The van der Waals surface area contributed by atoms with E-state index in [2.05, 4.69) is 9.97 Å². The van der Waals surface area contributed by atoms with Crippen LogP contribution in [0.4, 0.5) is 0 Å². The van der Waals surface area contributed by atoms with Gasteiger partial charge in [-0.15, -0.1) is 0 Å². The highest BCUT2D eigenvalue weighted by Crippen LogP contribution is 2.25. The molecule has 0 aliphatic heterocycles. The third-order valence-electron chi connectivity index (χ3n) is 5.56. The van der Waals surface area contributed by atoms with Crippen LogP contribution in [-0.2, 0) is 10.1 Å². The van der Waals surface area contributed by atoms with E-state index < -0.39 is 15.5 Å². The number of aromatic amines is 2. The summed E-state index contributed by atoms with van der Waals surface area (Å²) in [6.07, 6.45) is 0. The molecular formula is C22H16N2O5S. The Morgan fingerprint density at radius 3 is 2.03 bits per heavy atom. The molecule has 2 aromatic heterocycles. The Balaban J connectivity index is 1.96. The van der Waals surface area contributed by atoms with Gasteiger partial charge in [0.05, 0.1) is 21.4 Å². The van der Waals surface area contributed by atoms with E-state index in [9.17, 15) is 22.6 Å². The Hall–Kier alpha value is -3.49. The van der Waals surface area contributed by atoms with Gasteiger partial charge in [-0.3, -0.25) is 14.1 Å². The van der Waals surface area contributed by atoms with Crippen LogP contribution in [0.5, 0.6) is 0 Å². The second-order valence-corrected chi connectivity index (χ2v) is 8.90. The monoisotopic (exact) mass is 420 g/mol. The van der Waals surface area contributed by atoms with Crippen LogP contribution >= 0.6 is 0 Å². The van der Waals surface area contributed by atoms with E-state index in [1.54, 1.807) is 12.1 Å². The molecule has 3 N–H and O–H groups in total. The number of hydrogen-bond donors (Lipinski definition) is 3. The molecule has 0 aliphatic rings. The molecule has 3 aromatic carbocycles. The van der Waals surface area contributed by atoms with E-state index in [1.165, 1.54) is 12.1 Å². The maximum Gasteiger partial charge on any atom is 0.294 e. The molecule has 0 fully saturated rings. The molecule has 0 unspecified atom stereocenters. The first-order valence-corrected chi connectivity index (χ1v) is 10.6. The zero-order valence-corrected chi connectivity index (χ0v) is 16.8. The van der Waals surface area contributed by atoms with Crippen molar-refractivity contribution in [2.45, 2.75) is 18.7 Å². The molecule has 30 heavy (non-hydrogen) atoms. The Kier molecular flexibility index (Phi) is 3.71. The normalized spacial score (nSPS) is 12.4. The van der Waals surface area contributed by atoms with E-state index >= 15 is 0 Å². The first-order chi connectivity index (χ1) is 14.1. The fourth-order valence-corrected chi connectivity index (χ4v) is 4.49. The van der Waals surface area contributed by atoms with Crippen LogP contribution in [-0.4, -0.2) is 22.9 Å². The van der Waals surface area contributed by atoms with Crippen molar-refractivity contribution in [1.82, 2.24) is 9.97 Å². The molecule has 0 aliphatic carbocycles. The van der Waals surface area contributed by atoms with E-state index in [4.69, 9.17) is 0 Å². The van der Waals surface area contributed by atoms with E-state index in [0.717, 1.165) is 22.7 Å². The molecule has 0 bridgehead atoms. The number of aromatic nitrogens is 2. The van der Waals surface area contributed by atoms with Gasteiger partial charge in [0.15, 0.2) is 10.9 Å². The highest BCUT2D eigenvalue weighted by Gasteiger charge is 2.15. The minimum absolute atomic E-state index is 0.121. The molecule has 8 heteroatoms. The minimum atomic E-state index is -4.44. The van der Waals surface area contributed by atoms with Crippen molar-refractivity contribution in [2.75, 3.05) is 0 Å². The van der Waals surface area contributed by atoms with Crippen molar-refractivity contribution in [3.63, 3.8) is 0 Å².